The summed E-state index contributed by atoms with van der Waals surface area (Å²) in [7, 11) is -3.65. The van der Waals surface area contributed by atoms with Crippen molar-refractivity contribution in [2.45, 2.75) is 13.5 Å². The number of rotatable bonds is 3. The van der Waals surface area contributed by atoms with Crippen molar-refractivity contribution in [1.82, 2.24) is 14.9 Å². The first-order valence-electron chi connectivity index (χ1n) is 3.54. The Kier molecular flexibility index (Phi) is 2.91. The Morgan fingerprint density at radius 2 is 2.15 bits per heavy atom. The molecule has 0 radical (unpaired) electrons. The summed E-state index contributed by atoms with van der Waals surface area (Å²) in [6.45, 7) is 1.86. The van der Waals surface area contributed by atoms with Crippen LogP contribution in [0.5, 0.6) is 0 Å². The molecule has 3 N–H and O–H groups in total. The van der Waals surface area contributed by atoms with Gasteiger partial charge < -0.3 is 0 Å². The maximum atomic E-state index is 10.5. The van der Waals surface area contributed by atoms with Gasteiger partial charge in [0.1, 0.15) is 0 Å². The molecule has 0 bridgehead atoms. The second-order valence-corrected chi connectivity index (χ2v) is 3.91. The Bertz CT molecular complexity index is 372. The molecule has 0 saturated heterocycles. The molecule has 0 aromatic carbocycles. The summed E-state index contributed by atoms with van der Waals surface area (Å²) in [5, 5.41) is 12.2. The highest BCUT2D eigenvalue weighted by Gasteiger charge is 2.01. The van der Waals surface area contributed by atoms with E-state index in [1.54, 1.807) is 19.1 Å². The van der Waals surface area contributed by atoms with E-state index < -0.39 is 10.2 Å². The fourth-order valence-electron chi connectivity index (χ4n) is 0.695. The van der Waals surface area contributed by atoms with Crippen molar-refractivity contribution < 1.29 is 8.42 Å². The van der Waals surface area contributed by atoms with Gasteiger partial charge in [0.05, 0.1) is 17.9 Å². The molecule has 0 saturated carbocycles. The molecule has 0 unspecified atom stereocenters. The quantitative estimate of drug-likeness (QED) is 0.662. The number of hydrogen-bond acceptors (Lipinski definition) is 4. The van der Waals surface area contributed by atoms with Crippen LogP contribution in [-0.4, -0.2) is 18.6 Å². The van der Waals surface area contributed by atoms with Gasteiger partial charge in [-0.1, -0.05) is 0 Å². The lowest BCUT2D eigenvalue weighted by molar-refractivity contribution is 0.581. The minimum absolute atomic E-state index is 0.0616. The highest BCUT2D eigenvalue weighted by Crippen LogP contribution is 1.94. The summed E-state index contributed by atoms with van der Waals surface area (Å²) in [4.78, 5) is 0. The summed E-state index contributed by atoms with van der Waals surface area (Å²) in [5.41, 5.74) is 1.30. The van der Waals surface area contributed by atoms with Gasteiger partial charge in [0.15, 0.2) is 0 Å². The maximum absolute atomic E-state index is 10.5. The second-order valence-electron chi connectivity index (χ2n) is 2.53. The van der Waals surface area contributed by atoms with Crippen molar-refractivity contribution in [2.75, 3.05) is 0 Å². The molecule has 1 rings (SSSR count). The van der Waals surface area contributed by atoms with Crippen LogP contribution in [0.4, 0.5) is 0 Å². The molecule has 1 aromatic heterocycles. The van der Waals surface area contributed by atoms with Gasteiger partial charge in [0.25, 0.3) is 10.2 Å². The third-order valence-electron chi connectivity index (χ3n) is 1.31. The molecule has 0 spiro atoms. The Morgan fingerprint density at radius 3 is 2.62 bits per heavy atom. The fourth-order valence-corrected chi connectivity index (χ4v) is 1.04. The lowest BCUT2D eigenvalue weighted by Crippen LogP contribution is -2.30. The van der Waals surface area contributed by atoms with Crippen LogP contribution in [0.15, 0.2) is 12.1 Å². The number of nitrogens with two attached hydrogens (primary N) is 1. The van der Waals surface area contributed by atoms with Crippen LogP contribution in [0.3, 0.4) is 0 Å². The van der Waals surface area contributed by atoms with Crippen molar-refractivity contribution in [2.24, 2.45) is 5.14 Å². The van der Waals surface area contributed by atoms with Crippen LogP contribution in [0.25, 0.3) is 0 Å². The normalized spacial score (nSPS) is 11.5. The Labute approximate surface area is 76.4 Å². The van der Waals surface area contributed by atoms with E-state index in [2.05, 4.69) is 14.9 Å². The number of hydrogen-bond donors (Lipinski definition) is 2. The third kappa shape index (κ3) is 3.92. The van der Waals surface area contributed by atoms with Gasteiger partial charge in [-0.3, -0.25) is 0 Å². The standard InChI is InChI=1S/C6H10N4O2S/c1-5-2-3-6(10-9-5)4-8-13(7,11)12/h2-3,8H,4H2,1H3,(H2,7,11,12). The van der Waals surface area contributed by atoms with Crippen molar-refractivity contribution in [3.8, 4) is 0 Å². The molecule has 0 fully saturated rings. The largest absolute Gasteiger partial charge is 0.274 e. The van der Waals surface area contributed by atoms with E-state index in [0.717, 1.165) is 5.69 Å². The van der Waals surface area contributed by atoms with Crippen molar-refractivity contribution in [1.29, 1.82) is 0 Å². The van der Waals surface area contributed by atoms with E-state index >= 15 is 0 Å². The Morgan fingerprint density at radius 1 is 1.46 bits per heavy atom. The maximum Gasteiger partial charge on any atom is 0.274 e. The van der Waals surface area contributed by atoms with Gasteiger partial charge in [-0.2, -0.15) is 23.3 Å². The molecule has 72 valence electrons. The molecular weight excluding hydrogens is 192 g/mol. The predicted octanol–water partition coefficient (Wildman–Crippen LogP) is -0.922. The lowest BCUT2D eigenvalue weighted by atomic mass is 10.3. The van der Waals surface area contributed by atoms with Crippen LogP contribution < -0.4 is 9.86 Å². The van der Waals surface area contributed by atoms with Crippen LogP contribution in [0, 0.1) is 6.92 Å². The first-order valence-corrected chi connectivity index (χ1v) is 5.08. The molecule has 0 amide bonds. The summed E-state index contributed by atoms with van der Waals surface area (Å²) in [6, 6.07) is 3.42. The monoisotopic (exact) mass is 202 g/mol. The van der Waals surface area contributed by atoms with E-state index in [9.17, 15) is 8.42 Å². The van der Waals surface area contributed by atoms with Gasteiger partial charge >= 0.3 is 0 Å². The van der Waals surface area contributed by atoms with E-state index in [1.165, 1.54) is 0 Å². The average molecular weight is 202 g/mol. The Balaban J connectivity index is 2.61. The fraction of sp³-hybridized carbons (Fsp3) is 0.333. The topological polar surface area (TPSA) is 98.0 Å². The molecule has 0 atom stereocenters. The summed E-state index contributed by atoms with van der Waals surface area (Å²) < 4.78 is 23.1. The zero-order chi connectivity index (χ0) is 9.90. The molecule has 7 heteroatoms. The zero-order valence-corrected chi connectivity index (χ0v) is 7.87. The first kappa shape index (κ1) is 10.0. The number of aromatic nitrogens is 2. The molecule has 6 nitrogen and oxygen atoms in total. The molecule has 1 aromatic rings. The van der Waals surface area contributed by atoms with Crippen LogP contribution in [-0.2, 0) is 16.8 Å². The zero-order valence-electron chi connectivity index (χ0n) is 7.06. The minimum atomic E-state index is -3.65. The highest BCUT2D eigenvalue weighted by atomic mass is 32.2. The average Bonchev–Trinajstić information content (AvgIpc) is 2.02. The van der Waals surface area contributed by atoms with E-state index in [4.69, 9.17) is 5.14 Å². The summed E-state index contributed by atoms with van der Waals surface area (Å²) in [6.07, 6.45) is 0. The van der Waals surface area contributed by atoms with Gasteiger partial charge in [-0.25, -0.2) is 5.14 Å². The van der Waals surface area contributed by atoms with Crippen LogP contribution in [0.2, 0.25) is 0 Å². The SMILES string of the molecule is Cc1ccc(CNS(N)(=O)=O)nn1. The van der Waals surface area contributed by atoms with Crippen molar-refractivity contribution in [3.63, 3.8) is 0 Å². The molecule has 0 aliphatic rings. The van der Waals surface area contributed by atoms with Gasteiger partial charge in [-0.15, -0.1) is 0 Å². The molecule has 13 heavy (non-hydrogen) atoms. The van der Waals surface area contributed by atoms with Gasteiger partial charge in [0, 0.05) is 0 Å². The number of aryl methyl sites for hydroxylation is 1. The van der Waals surface area contributed by atoms with Crippen molar-refractivity contribution in [3.05, 3.63) is 23.5 Å². The predicted molar refractivity (Wildman–Crippen MR) is 46.7 cm³/mol. The van der Waals surface area contributed by atoms with Gasteiger partial charge in [-0.05, 0) is 19.1 Å². The molecule has 1 heterocycles. The van der Waals surface area contributed by atoms with E-state index in [0.29, 0.717) is 5.69 Å². The van der Waals surface area contributed by atoms with E-state index in [-0.39, 0.29) is 6.54 Å². The smallest absolute Gasteiger partial charge is 0.216 e. The lowest BCUT2D eigenvalue weighted by Gasteiger charge is -2.00. The summed E-state index contributed by atoms with van der Waals surface area (Å²) >= 11 is 0. The summed E-state index contributed by atoms with van der Waals surface area (Å²) in [5.74, 6) is 0. The molecule has 0 aliphatic heterocycles. The minimum Gasteiger partial charge on any atom is -0.216 e. The van der Waals surface area contributed by atoms with Crippen LogP contribution in [0.1, 0.15) is 11.4 Å². The van der Waals surface area contributed by atoms with E-state index in [1.807, 2.05) is 0 Å². The molecule has 0 aliphatic carbocycles. The number of nitrogens with one attached hydrogen (secondary N) is 1. The van der Waals surface area contributed by atoms with Crippen molar-refractivity contribution >= 4 is 10.2 Å². The Hall–Kier alpha value is -1.05. The third-order valence-corrected chi connectivity index (χ3v) is 1.85. The highest BCUT2D eigenvalue weighted by molar-refractivity contribution is 7.87. The van der Waals surface area contributed by atoms with Crippen LogP contribution >= 0.6 is 0 Å². The second kappa shape index (κ2) is 3.77. The molecular formula is C6H10N4O2S. The van der Waals surface area contributed by atoms with Gasteiger partial charge in [0.2, 0.25) is 0 Å². The number of nitrogens with zero attached hydrogens (tertiary/aromatic N) is 2. The first-order chi connectivity index (χ1) is 5.97.